The van der Waals surface area contributed by atoms with Crippen molar-refractivity contribution in [3.63, 3.8) is 0 Å². The third-order valence-electron chi connectivity index (χ3n) is 6.25. The van der Waals surface area contributed by atoms with E-state index in [1.807, 2.05) is 13.0 Å². The van der Waals surface area contributed by atoms with Crippen LogP contribution in [0.5, 0.6) is 0 Å². The maximum absolute atomic E-state index is 13.1. The summed E-state index contributed by atoms with van der Waals surface area (Å²) in [5.74, 6) is 0.520. The maximum Gasteiger partial charge on any atom is 0.268 e. The fourth-order valence-electron chi connectivity index (χ4n) is 4.06. The molecule has 0 bridgehead atoms. The maximum atomic E-state index is 13.1. The smallest absolute Gasteiger partial charge is 0.268 e. The van der Waals surface area contributed by atoms with Crippen LogP contribution in [-0.4, -0.2) is 24.9 Å². The van der Waals surface area contributed by atoms with Crippen LogP contribution < -0.4 is 15.5 Å². The monoisotopic (exact) mass is 457 g/mol. The Morgan fingerprint density at radius 2 is 1.71 bits per heavy atom. The van der Waals surface area contributed by atoms with Gasteiger partial charge in [-0.3, -0.25) is 9.59 Å². The molecule has 1 aliphatic rings. The van der Waals surface area contributed by atoms with Crippen LogP contribution in [0.1, 0.15) is 54.4 Å². The highest BCUT2D eigenvalue weighted by molar-refractivity contribution is 6.05. The molecule has 1 fully saturated rings. The molecule has 1 atom stereocenters. The van der Waals surface area contributed by atoms with E-state index in [9.17, 15) is 9.59 Å². The van der Waals surface area contributed by atoms with Crippen molar-refractivity contribution in [2.75, 3.05) is 18.0 Å². The molecule has 3 aromatic rings. The molecule has 2 amide bonds. The van der Waals surface area contributed by atoms with Gasteiger partial charge in [-0.25, -0.2) is 0 Å². The predicted octanol–water partition coefficient (Wildman–Crippen LogP) is 5.16. The molecule has 34 heavy (non-hydrogen) atoms. The topological polar surface area (TPSA) is 74.6 Å². The second-order valence-corrected chi connectivity index (χ2v) is 8.85. The Bertz CT molecular complexity index is 1110. The lowest BCUT2D eigenvalue weighted by Gasteiger charge is -2.32. The third kappa shape index (κ3) is 5.95. The van der Waals surface area contributed by atoms with Crippen molar-refractivity contribution in [1.29, 1.82) is 0 Å². The van der Waals surface area contributed by atoms with E-state index in [4.69, 9.17) is 4.42 Å². The highest BCUT2D eigenvalue weighted by Crippen LogP contribution is 2.24. The number of benzene rings is 2. The molecular formula is C28H31N3O3. The summed E-state index contributed by atoms with van der Waals surface area (Å²) >= 11 is 0. The second kappa shape index (κ2) is 10.9. The Morgan fingerprint density at radius 3 is 2.35 bits per heavy atom. The zero-order valence-electron chi connectivity index (χ0n) is 19.7. The van der Waals surface area contributed by atoms with E-state index >= 15 is 0 Å². The van der Waals surface area contributed by atoms with Crippen LogP contribution in [0, 0.1) is 5.92 Å². The van der Waals surface area contributed by atoms with Gasteiger partial charge in [-0.1, -0.05) is 37.3 Å². The van der Waals surface area contributed by atoms with Crippen molar-refractivity contribution >= 4 is 23.6 Å². The van der Waals surface area contributed by atoms with Gasteiger partial charge in [0.1, 0.15) is 11.5 Å². The van der Waals surface area contributed by atoms with Gasteiger partial charge in [0.2, 0.25) is 0 Å². The molecule has 6 heteroatoms. The molecule has 6 nitrogen and oxygen atoms in total. The number of carbonyl (C=O) groups excluding carboxylic acids is 2. The quantitative estimate of drug-likeness (QED) is 0.481. The fourth-order valence-corrected chi connectivity index (χ4v) is 4.06. The standard InChI is InChI=1S/C28H31N3O3/c1-20-14-16-31(17-15-20)24-12-10-22(11-13-24)21(2)29-28(33)26(19-25-9-6-18-34-25)30-27(32)23-7-4-3-5-8-23/h3-13,18-21H,14-17H2,1-2H3,(H,29,33)(H,30,32)/b26-19-/t21-/m1/s1. The summed E-state index contributed by atoms with van der Waals surface area (Å²) in [7, 11) is 0. The molecule has 2 heterocycles. The zero-order chi connectivity index (χ0) is 23.9. The van der Waals surface area contributed by atoms with Gasteiger partial charge in [0.15, 0.2) is 0 Å². The Hall–Kier alpha value is -3.80. The highest BCUT2D eigenvalue weighted by Gasteiger charge is 2.19. The molecule has 0 spiro atoms. The zero-order valence-corrected chi connectivity index (χ0v) is 19.7. The number of hydrogen-bond donors (Lipinski definition) is 2. The molecule has 0 aliphatic carbocycles. The highest BCUT2D eigenvalue weighted by atomic mass is 16.3. The van der Waals surface area contributed by atoms with Crippen LogP contribution in [-0.2, 0) is 4.79 Å². The van der Waals surface area contributed by atoms with Gasteiger partial charge in [0.25, 0.3) is 11.8 Å². The fraction of sp³-hybridized carbons (Fsp3) is 0.286. The molecule has 0 radical (unpaired) electrons. The summed E-state index contributed by atoms with van der Waals surface area (Å²) in [5.41, 5.74) is 2.79. The first-order valence-electron chi connectivity index (χ1n) is 11.8. The van der Waals surface area contributed by atoms with Crippen LogP contribution in [0.2, 0.25) is 0 Å². The SMILES string of the molecule is CC1CCN(c2ccc([C@@H](C)NC(=O)/C(=C/c3ccco3)NC(=O)c3ccccc3)cc2)CC1. The molecule has 2 aromatic carbocycles. The number of hydrogen-bond acceptors (Lipinski definition) is 4. The minimum absolute atomic E-state index is 0.120. The number of anilines is 1. The average Bonchev–Trinajstić information content (AvgIpc) is 3.38. The van der Waals surface area contributed by atoms with Crippen molar-refractivity contribution in [1.82, 2.24) is 10.6 Å². The Balaban J connectivity index is 1.44. The summed E-state index contributed by atoms with van der Waals surface area (Å²) in [6, 6.07) is 20.3. The van der Waals surface area contributed by atoms with Gasteiger partial charge in [0, 0.05) is 30.4 Å². The molecule has 0 saturated carbocycles. The van der Waals surface area contributed by atoms with Gasteiger partial charge < -0.3 is 20.0 Å². The number of nitrogens with one attached hydrogen (secondary N) is 2. The van der Waals surface area contributed by atoms with Gasteiger partial charge in [-0.15, -0.1) is 0 Å². The summed E-state index contributed by atoms with van der Waals surface area (Å²) in [6.45, 7) is 6.39. The predicted molar refractivity (Wildman–Crippen MR) is 134 cm³/mol. The number of carbonyl (C=O) groups is 2. The van der Waals surface area contributed by atoms with Gasteiger partial charge >= 0.3 is 0 Å². The van der Waals surface area contributed by atoms with Crippen molar-refractivity contribution in [2.24, 2.45) is 5.92 Å². The van der Waals surface area contributed by atoms with Crippen molar-refractivity contribution in [3.05, 3.63) is 95.6 Å². The van der Waals surface area contributed by atoms with Gasteiger partial charge in [-0.05, 0) is 67.6 Å². The summed E-state index contributed by atoms with van der Waals surface area (Å²) in [4.78, 5) is 28.2. The Labute approximate surface area is 200 Å². The van der Waals surface area contributed by atoms with E-state index in [0.29, 0.717) is 11.3 Å². The number of furan rings is 1. The van der Waals surface area contributed by atoms with E-state index in [2.05, 4.69) is 46.7 Å². The Kier molecular flexibility index (Phi) is 7.48. The average molecular weight is 458 g/mol. The lowest BCUT2D eigenvalue weighted by molar-refractivity contribution is -0.118. The lowest BCUT2D eigenvalue weighted by atomic mass is 9.98. The van der Waals surface area contributed by atoms with Crippen LogP contribution in [0.4, 0.5) is 5.69 Å². The van der Waals surface area contributed by atoms with E-state index < -0.39 is 0 Å². The molecule has 1 aromatic heterocycles. The van der Waals surface area contributed by atoms with Crippen LogP contribution in [0.3, 0.4) is 0 Å². The van der Waals surface area contributed by atoms with Crippen LogP contribution in [0.15, 0.2) is 83.1 Å². The normalized spacial score (nSPS) is 15.6. The van der Waals surface area contributed by atoms with Crippen LogP contribution in [0.25, 0.3) is 6.08 Å². The van der Waals surface area contributed by atoms with Gasteiger partial charge in [-0.2, -0.15) is 0 Å². The third-order valence-corrected chi connectivity index (χ3v) is 6.25. The number of rotatable bonds is 7. The summed E-state index contributed by atoms with van der Waals surface area (Å²) in [6.07, 6.45) is 5.48. The first kappa shape index (κ1) is 23.4. The first-order valence-corrected chi connectivity index (χ1v) is 11.8. The van der Waals surface area contributed by atoms with Crippen molar-refractivity contribution in [2.45, 2.75) is 32.7 Å². The molecule has 176 valence electrons. The summed E-state index contributed by atoms with van der Waals surface area (Å²) < 4.78 is 5.36. The molecule has 2 N–H and O–H groups in total. The minimum Gasteiger partial charge on any atom is -0.465 e. The number of nitrogens with zero attached hydrogens (tertiary/aromatic N) is 1. The molecule has 0 unspecified atom stereocenters. The van der Waals surface area contributed by atoms with E-state index in [1.165, 1.54) is 30.9 Å². The minimum atomic E-state index is -0.387. The number of piperidine rings is 1. The molecule has 1 saturated heterocycles. The molecular weight excluding hydrogens is 426 g/mol. The van der Waals surface area contributed by atoms with Gasteiger partial charge in [0.05, 0.1) is 12.3 Å². The molecule has 1 aliphatic heterocycles. The van der Waals surface area contributed by atoms with E-state index in [0.717, 1.165) is 24.6 Å². The molecule has 4 rings (SSSR count). The Morgan fingerprint density at radius 1 is 1.00 bits per heavy atom. The number of amides is 2. The van der Waals surface area contributed by atoms with Crippen LogP contribution >= 0.6 is 0 Å². The van der Waals surface area contributed by atoms with E-state index in [-0.39, 0.29) is 23.6 Å². The second-order valence-electron chi connectivity index (χ2n) is 8.85. The largest absolute Gasteiger partial charge is 0.465 e. The lowest BCUT2D eigenvalue weighted by Crippen LogP contribution is -2.36. The summed E-state index contributed by atoms with van der Waals surface area (Å²) in [5, 5.41) is 5.72. The van der Waals surface area contributed by atoms with Crippen molar-refractivity contribution < 1.29 is 14.0 Å². The van der Waals surface area contributed by atoms with Crippen molar-refractivity contribution in [3.8, 4) is 0 Å². The first-order chi connectivity index (χ1) is 16.5. The van der Waals surface area contributed by atoms with E-state index in [1.54, 1.807) is 36.4 Å².